The van der Waals surface area contributed by atoms with Crippen molar-refractivity contribution >= 4 is 38.8 Å². The van der Waals surface area contributed by atoms with Gasteiger partial charge in [-0.2, -0.15) is 5.10 Å². The molecule has 0 fully saturated rings. The molecule has 0 saturated heterocycles. The Balaban J connectivity index is 2.25. The van der Waals surface area contributed by atoms with Crippen molar-refractivity contribution in [1.29, 1.82) is 0 Å². The minimum Gasteiger partial charge on any atom is -0.205 e. The summed E-state index contributed by atoms with van der Waals surface area (Å²) in [6.45, 7) is 2.19. The Labute approximate surface area is 148 Å². The fourth-order valence-electron chi connectivity index (χ4n) is 2.05. The molecule has 1 N–H and O–H groups in total. The highest BCUT2D eigenvalue weighted by molar-refractivity contribution is 14.1. The number of benzene rings is 1. The predicted octanol–water partition coefficient (Wildman–Crippen LogP) is 4.30. The van der Waals surface area contributed by atoms with Crippen molar-refractivity contribution in [3.63, 3.8) is 0 Å². The Bertz CT molecular complexity index is 559. The largest absolute Gasteiger partial charge is 0.247 e. The first-order valence-electron chi connectivity index (χ1n) is 7.82. The molecular weight excluding hydrogens is 411 g/mol. The zero-order valence-electron chi connectivity index (χ0n) is 13.1. The summed E-state index contributed by atoms with van der Waals surface area (Å²) in [5.41, 5.74) is 0.904. The number of hydrogen-bond acceptors (Lipinski definition) is 3. The van der Waals surface area contributed by atoms with Gasteiger partial charge >= 0.3 is 0 Å². The molecule has 6 heteroatoms. The van der Waals surface area contributed by atoms with Crippen LogP contribution in [-0.2, 0) is 10.0 Å². The van der Waals surface area contributed by atoms with E-state index in [1.54, 1.807) is 6.21 Å². The molecule has 0 unspecified atom stereocenters. The van der Waals surface area contributed by atoms with Gasteiger partial charge in [0.25, 0.3) is 0 Å². The van der Waals surface area contributed by atoms with Gasteiger partial charge in [0.15, 0.2) is 0 Å². The highest BCUT2D eigenvalue weighted by Gasteiger charge is 2.07. The molecule has 0 atom stereocenters. The van der Waals surface area contributed by atoms with E-state index >= 15 is 0 Å². The molecule has 0 amide bonds. The van der Waals surface area contributed by atoms with Crippen LogP contribution in [0, 0.1) is 3.57 Å². The molecule has 0 aliphatic heterocycles. The Morgan fingerprint density at radius 1 is 1.09 bits per heavy atom. The van der Waals surface area contributed by atoms with Crippen LogP contribution in [0.1, 0.15) is 57.4 Å². The number of hydrazone groups is 1. The smallest absolute Gasteiger partial charge is 0.205 e. The molecule has 1 rings (SSSR count). The van der Waals surface area contributed by atoms with Gasteiger partial charge in [-0.3, -0.25) is 0 Å². The monoisotopic (exact) mass is 436 g/mol. The van der Waals surface area contributed by atoms with Crippen LogP contribution in [0.4, 0.5) is 0 Å². The van der Waals surface area contributed by atoms with E-state index in [1.807, 2.05) is 24.3 Å². The average molecular weight is 436 g/mol. The Kier molecular flexibility index (Phi) is 9.70. The van der Waals surface area contributed by atoms with Crippen molar-refractivity contribution in [2.24, 2.45) is 5.10 Å². The summed E-state index contributed by atoms with van der Waals surface area (Å²) < 4.78 is 24.7. The number of unbranched alkanes of at least 4 members (excludes halogenated alkanes) is 6. The van der Waals surface area contributed by atoms with Gasteiger partial charge < -0.3 is 0 Å². The molecule has 1 aromatic rings. The lowest BCUT2D eigenvalue weighted by atomic mass is 10.1. The van der Waals surface area contributed by atoms with Crippen molar-refractivity contribution in [3.8, 4) is 0 Å². The van der Waals surface area contributed by atoms with Gasteiger partial charge in [-0.1, -0.05) is 63.6 Å². The maximum absolute atomic E-state index is 11.8. The summed E-state index contributed by atoms with van der Waals surface area (Å²) in [5.74, 6) is 0.143. The van der Waals surface area contributed by atoms with Crippen LogP contribution in [0.2, 0.25) is 0 Å². The summed E-state index contributed by atoms with van der Waals surface area (Å²) in [5, 5.41) is 3.85. The zero-order valence-corrected chi connectivity index (χ0v) is 16.1. The fourth-order valence-corrected chi connectivity index (χ4v) is 3.47. The van der Waals surface area contributed by atoms with Crippen LogP contribution in [0.3, 0.4) is 0 Å². The van der Waals surface area contributed by atoms with Crippen LogP contribution in [-0.4, -0.2) is 20.4 Å². The molecule has 124 valence electrons. The highest BCUT2D eigenvalue weighted by atomic mass is 127. The van der Waals surface area contributed by atoms with Gasteiger partial charge in [0.2, 0.25) is 10.0 Å². The number of sulfonamides is 1. The van der Waals surface area contributed by atoms with E-state index < -0.39 is 10.0 Å². The lowest BCUT2D eigenvalue weighted by molar-refractivity contribution is 0.570. The predicted molar refractivity (Wildman–Crippen MR) is 102 cm³/mol. The molecule has 0 aliphatic rings. The van der Waals surface area contributed by atoms with E-state index in [0.717, 1.165) is 22.0 Å². The van der Waals surface area contributed by atoms with E-state index in [9.17, 15) is 8.42 Å². The third kappa shape index (κ3) is 8.73. The van der Waals surface area contributed by atoms with Crippen LogP contribution < -0.4 is 4.83 Å². The quantitative estimate of drug-likeness (QED) is 0.244. The van der Waals surface area contributed by atoms with Crippen LogP contribution in [0.5, 0.6) is 0 Å². The number of rotatable bonds is 11. The van der Waals surface area contributed by atoms with Crippen molar-refractivity contribution in [2.75, 3.05) is 5.75 Å². The summed E-state index contributed by atoms with van der Waals surface area (Å²) in [7, 11) is -3.31. The zero-order chi connectivity index (χ0) is 16.3. The Morgan fingerprint density at radius 2 is 1.73 bits per heavy atom. The Hall–Kier alpha value is -0.630. The summed E-state index contributed by atoms with van der Waals surface area (Å²) in [6.07, 6.45) is 9.27. The summed E-state index contributed by atoms with van der Waals surface area (Å²) in [4.78, 5) is 2.28. The van der Waals surface area contributed by atoms with E-state index in [0.29, 0.717) is 6.42 Å². The van der Waals surface area contributed by atoms with Gasteiger partial charge in [-0.15, -0.1) is 0 Å². The molecule has 0 bridgehead atoms. The third-order valence-corrected chi connectivity index (χ3v) is 5.51. The van der Waals surface area contributed by atoms with Crippen LogP contribution >= 0.6 is 22.6 Å². The van der Waals surface area contributed by atoms with Gasteiger partial charge in [-0.05, 0) is 35.1 Å². The minimum atomic E-state index is -3.31. The first kappa shape index (κ1) is 19.4. The summed E-state index contributed by atoms with van der Waals surface area (Å²) in [6, 6.07) is 7.69. The second-order valence-corrected chi connectivity index (χ2v) is 8.29. The van der Waals surface area contributed by atoms with Crippen molar-refractivity contribution in [1.82, 2.24) is 4.83 Å². The molecule has 4 nitrogen and oxygen atoms in total. The second kappa shape index (κ2) is 11.0. The van der Waals surface area contributed by atoms with Crippen LogP contribution in [0.15, 0.2) is 29.4 Å². The normalized spacial score (nSPS) is 11.9. The highest BCUT2D eigenvalue weighted by Crippen LogP contribution is 2.09. The van der Waals surface area contributed by atoms with E-state index in [-0.39, 0.29) is 5.75 Å². The summed E-state index contributed by atoms with van der Waals surface area (Å²) >= 11 is 2.19. The van der Waals surface area contributed by atoms with Gasteiger partial charge in [0, 0.05) is 9.13 Å². The van der Waals surface area contributed by atoms with Gasteiger partial charge in [-0.25, -0.2) is 13.2 Å². The lowest BCUT2D eigenvalue weighted by Gasteiger charge is -2.04. The maximum atomic E-state index is 11.8. The van der Waals surface area contributed by atoms with Gasteiger partial charge in [0.05, 0.1) is 12.0 Å². The van der Waals surface area contributed by atoms with E-state index in [4.69, 9.17) is 0 Å². The molecule has 0 saturated carbocycles. The molecular formula is C16H25IN2O2S. The number of nitrogens with one attached hydrogen (secondary N) is 1. The van der Waals surface area contributed by atoms with Crippen molar-refractivity contribution < 1.29 is 8.42 Å². The molecule has 22 heavy (non-hydrogen) atoms. The Morgan fingerprint density at radius 3 is 2.41 bits per heavy atom. The van der Waals surface area contributed by atoms with Crippen molar-refractivity contribution in [2.45, 2.75) is 51.9 Å². The molecule has 1 aromatic carbocycles. The van der Waals surface area contributed by atoms with Crippen molar-refractivity contribution in [3.05, 3.63) is 33.4 Å². The molecule has 0 spiro atoms. The molecule has 0 aromatic heterocycles. The standard InChI is InChI=1S/C16H25IN2O2S/c1-2-3-4-5-6-7-10-13-22(20,21)19-18-14-15-11-8-9-12-16(15)17/h8-9,11-12,14,19H,2-7,10,13H2,1H3/b18-14+. The lowest BCUT2D eigenvalue weighted by Crippen LogP contribution is -2.21. The maximum Gasteiger partial charge on any atom is 0.247 e. The first-order chi connectivity index (χ1) is 10.5. The number of nitrogens with zero attached hydrogens (tertiary/aromatic N) is 1. The molecule has 0 radical (unpaired) electrons. The topological polar surface area (TPSA) is 58.5 Å². The number of halogens is 1. The van der Waals surface area contributed by atoms with Crippen LogP contribution in [0.25, 0.3) is 0 Å². The minimum absolute atomic E-state index is 0.143. The SMILES string of the molecule is CCCCCCCCCS(=O)(=O)N/N=C/c1ccccc1I. The number of hydrogen-bond donors (Lipinski definition) is 1. The van der Waals surface area contributed by atoms with Gasteiger partial charge in [0.1, 0.15) is 0 Å². The fraction of sp³-hybridized carbons (Fsp3) is 0.562. The molecule has 0 aliphatic carbocycles. The van der Waals surface area contributed by atoms with E-state index in [2.05, 4.69) is 39.4 Å². The first-order valence-corrected chi connectivity index (χ1v) is 10.6. The second-order valence-electron chi connectivity index (χ2n) is 5.31. The third-order valence-electron chi connectivity index (χ3n) is 3.32. The molecule has 0 heterocycles. The average Bonchev–Trinajstić information content (AvgIpc) is 2.48. The van der Waals surface area contributed by atoms with E-state index in [1.165, 1.54) is 25.7 Å².